The molecule has 0 aliphatic rings. The first-order chi connectivity index (χ1) is 9.15. The van der Waals surface area contributed by atoms with Crippen molar-refractivity contribution >= 4 is 22.2 Å². The molecule has 0 radical (unpaired) electrons. The molecule has 3 rings (SSSR count). The molecule has 0 amide bonds. The Morgan fingerprint density at radius 1 is 1.21 bits per heavy atom. The van der Waals surface area contributed by atoms with Crippen LogP contribution in [0, 0.1) is 13.8 Å². The molecule has 0 saturated carbocycles. The van der Waals surface area contributed by atoms with Crippen LogP contribution in [0.2, 0.25) is 0 Å². The second-order valence-corrected chi connectivity index (χ2v) is 5.85. The van der Waals surface area contributed by atoms with Gasteiger partial charge in [-0.2, -0.15) is 0 Å². The molecule has 0 spiro atoms. The molecule has 0 saturated heterocycles. The lowest BCUT2D eigenvalue weighted by Gasteiger charge is -2.11. The van der Waals surface area contributed by atoms with Gasteiger partial charge in [-0.25, -0.2) is 4.98 Å². The van der Waals surface area contributed by atoms with Crippen LogP contribution in [-0.4, -0.2) is 9.97 Å². The number of hydrogen-bond acceptors (Lipinski definition) is 4. The smallest absolute Gasteiger partial charge is 0.0900 e. The van der Waals surface area contributed by atoms with Gasteiger partial charge in [0.15, 0.2) is 0 Å². The van der Waals surface area contributed by atoms with Crippen LogP contribution in [0.4, 0.5) is 0 Å². The van der Waals surface area contributed by atoms with Crippen molar-refractivity contribution < 1.29 is 0 Å². The van der Waals surface area contributed by atoms with E-state index in [-0.39, 0.29) is 6.04 Å². The van der Waals surface area contributed by atoms with Crippen molar-refractivity contribution in [1.29, 1.82) is 0 Å². The molecule has 3 aromatic rings. The largest absolute Gasteiger partial charge is 0.320 e. The first-order valence-electron chi connectivity index (χ1n) is 6.19. The Kier molecular flexibility index (Phi) is 3.05. The molecule has 1 unspecified atom stereocenters. The number of nitrogens with zero attached hydrogens (tertiary/aromatic N) is 2. The first kappa shape index (κ1) is 12.3. The standard InChI is InChI=1S/C15H15N3S/c1-9-15(19-10(2)18-9)14(16)12-5-6-13-11(8-12)4-3-7-17-13/h3-8,14H,16H2,1-2H3. The highest BCUT2D eigenvalue weighted by Gasteiger charge is 2.15. The predicted octanol–water partition coefficient (Wildman–Crippen LogP) is 3.36. The molecular weight excluding hydrogens is 254 g/mol. The number of pyridine rings is 1. The number of aryl methyl sites for hydroxylation is 2. The van der Waals surface area contributed by atoms with E-state index in [0.29, 0.717) is 0 Å². The Hall–Kier alpha value is -1.78. The van der Waals surface area contributed by atoms with Gasteiger partial charge in [-0.1, -0.05) is 12.1 Å². The summed E-state index contributed by atoms with van der Waals surface area (Å²) in [5.41, 5.74) is 9.50. The first-order valence-corrected chi connectivity index (χ1v) is 7.01. The predicted molar refractivity (Wildman–Crippen MR) is 79.4 cm³/mol. The maximum absolute atomic E-state index is 6.37. The summed E-state index contributed by atoms with van der Waals surface area (Å²) in [4.78, 5) is 9.91. The molecule has 2 heterocycles. The van der Waals surface area contributed by atoms with E-state index in [1.165, 1.54) is 0 Å². The van der Waals surface area contributed by atoms with E-state index in [9.17, 15) is 0 Å². The Balaban J connectivity index is 2.06. The number of aromatic nitrogens is 2. The van der Waals surface area contributed by atoms with Crippen LogP contribution < -0.4 is 5.73 Å². The quantitative estimate of drug-likeness (QED) is 0.776. The Morgan fingerprint density at radius 2 is 2.05 bits per heavy atom. The lowest BCUT2D eigenvalue weighted by molar-refractivity contribution is 0.878. The van der Waals surface area contributed by atoms with Crippen molar-refractivity contribution in [2.24, 2.45) is 5.73 Å². The molecule has 19 heavy (non-hydrogen) atoms. The minimum atomic E-state index is -0.115. The second-order valence-electron chi connectivity index (χ2n) is 4.62. The lowest BCUT2D eigenvalue weighted by Crippen LogP contribution is -2.11. The van der Waals surface area contributed by atoms with Gasteiger partial charge in [-0.3, -0.25) is 4.98 Å². The fraction of sp³-hybridized carbons (Fsp3) is 0.200. The van der Waals surface area contributed by atoms with Crippen LogP contribution in [0.3, 0.4) is 0 Å². The lowest BCUT2D eigenvalue weighted by atomic mass is 10.0. The Bertz CT molecular complexity index is 733. The van der Waals surface area contributed by atoms with Crippen molar-refractivity contribution in [1.82, 2.24) is 9.97 Å². The van der Waals surface area contributed by atoms with Gasteiger partial charge in [0.25, 0.3) is 0 Å². The molecule has 2 N–H and O–H groups in total. The van der Waals surface area contributed by atoms with Crippen LogP contribution in [0.5, 0.6) is 0 Å². The highest BCUT2D eigenvalue weighted by atomic mass is 32.1. The SMILES string of the molecule is Cc1nc(C)c(C(N)c2ccc3ncccc3c2)s1. The summed E-state index contributed by atoms with van der Waals surface area (Å²) in [5.74, 6) is 0. The van der Waals surface area contributed by atoms with E-state index in [4.69, 9.17) is 5.73 Å². The summed E-state index contributed by atoms with van der Waals surface area (Å²) in [7, 11) is 0. The second kappa shape index (κ2) is 4.72. The van der Waals surface area contributed by atoms with Crippen LogP contribution in [-0.2, 0) is 0 Å². The molecular formula is C15H15N3S. The molecule has 0 bridgehead atoms. The Labute approximate surface area is 116 Å². The highest BCUT2D eigenvalue weighted by Crippen LogP contribution is 2.29. The van der Waals surface area contributed by atoms with Crippen LogP contribution >= 0.6 is 11.3 Å². The summed E-state index contributed by atoms with van der Waals surface area (Å²) in [6, 6.07) is 10.1. The van der Waals surface area contributed by atoms with Crippen molar-refractivity contribution in [2.75, 3.05) is 0 Å². The molecule has 2 aromatic heterocycles. The highest BCUT2D eigenvalue weighted by molar-refractivity contribution is 7.11. The molecule has 1 aromatic carbocycles. The van der Waals surface area contributed by atoms with Gasteiger partial charge in [0.2, 0.25) is 0 Å². The summed E-state index contributed by atoms with van der Waals surface area (Å²) >= 11 is 1.67. The molecule has 96 valence electrons. The number of fused-ring (bicyclic) bond motifs is 1. The van der Waals surface area contributed by atoms with Gasteiger partial charge in [-0.05, 0) is 37.6 Å². The monoisotopic (exact) mass is 269 g/mol. The summed E-state index contributed by atoms with van der Waals surface area (Å²) in [5, 5.41) is 2.18. The van der Waals surface area contributed by atoms with E-state index in [1.54, 1.807) is 17.5 Å². The average Bonchev–Trinajstić information content (AvgIpc) is 2.76. The zero-order chi connectivity index (χ0) is 13.4. The van der Waals surface area contributed by atoms with Crippen LogP contribution in [0.15, 0.2) is 36.5 Å². The van der Waals surface area contributed by atoms with E-state index in [2.05, 4.69) is 28.2 Å². The van der Waals surface area contributed by atoms with Crippen molar-refractivity contribution in [3.63, 3.8) is 0 Å². The zero-order valence-corrected chi connectivity index (χ0v) is 11.7. The minimum absolute atomic E-state index is 0.115. The van der Waals surface area contributed by atoms with E-state index >= 15 is 0 Å². The van der Waals surface area contributed by atoms with Gasteiger partial charge in [-0.15, -0.1) is 11.3 Å². The third kappa shape index (κ3) is 2.25. The average molecular weight is 269 g/mol. The molecule has 0 aliphatic heterocycles. The molecule has 0 aliphatic carbocycles. The van der Waals surface area contributed by atoms with E-state index < -0.39 is 0 Å². The number of thiazole rings is 1. The third-order valence-corrected chi connectivity index (χ3v) is 4.36. The normalized spacial score (nSPS) is 12.8. The molecule has 4 heteroatoms. The van der Waals surface area contributed by atoms with E-state index in [1.807, 2.05) is 26.0 Å². The van der Waals surface area contributed by atoms with Crippen molar-refractivity contribution in [3.05, 3.63) is 57.7 Å². The third-order valence-electron chi connectivity index (χ3n) is 3.21. The van der Waals surface area contributed by atoms with Crippen molar-refractivity contribution in [2.45, 2.75) is 19.9 Å². The number of nitrogens with two attached hydrogens (primary N) is 1. The van der Waals surface area contributed by atoms with Gasteiger partial charge in [0.05, 0.1) is 22.3 Å². The fourth-order valence-electron chi connectivity index (χ4n) is 2.27. The number of rotatable bonds is 2. The van der Waals surface area contributed by atoms with Gasteiger partial charge in [0.1, 0.15) is 0 Å². The van der Waals surface area contributed by atoms with Gasteiger partial charge in [0, 0.05) is 16.5 Å². The molecule has 0 fully saturated rings. The zero-order valence-electron chi connectivity index (χ0n) is 10.9. The van der Waals surface area contributed by atoms with Crippen LogP contribution in [0.1, 0.15) is 27.2 Å². The topological polar surface area (TPSA) is 51.8 Å². The fourth-order valence-corrected chi connectivity index (χ4v) is 3.23. The summed E-state index contributed by atoms with van der Waals surface area (Å²) in [6.07, 6.45) is 1.80. The van der Waals surface area contributed by atoms with Crippen molar-refractivity contribution in [3.8, 4) is 0 Å². The summed E-state index contributed by atoms with van der Waals surface area (Å²) < 4.78 is 0. The number of benzene rings is 1. The van der Waals surface area contributed by atoms with Crippen LogP contribution in [0.25, 0.3) is 10.9 Å². The maximum atomic E-state index is 6.37. The Morgan fingerprint density at radius 3 is 2.79 bits per heavy atom. The number of hydrogen-bond donors (Lipinski definition) is 1. The van der Waals surface area contributed by atoms with E-state index in [0.717, 1.165) is 32.0 Å². The summed E-state index contributed by atoms with van der Waals surface area (Å²) in [6.45, 7) is 4.03. The minimum Gasteiger partial charge on any atom is -0.320 e. The van der Waals surface area contributed by atoms with Gasteiger partial charge < -0.3 is 5.73 Å². The molecule has 1 atom stereocenters. The van der Waals surface area contributed by atoms with Gasteiger partial charge >= 0.3 is 0 Å². The maximum Gasteiger partial charge on any atom is 0.0900 e. The molecule has 3 nitrogen and oxygen atoms in total.